The summed E-state index contributed by atoms with van der Waals surface area (Å²) in [7, 11) is 0. The monoisotopic (exact) mass is 504 g/mol. The number of anilines is 2. The second-order valence-corrected chi connectivity index (χ2v) is 10.1. The summed E-state index contributed by atoms with van der Waals surface area (Å²) >= 11 is 0. The molecule has 3 aromatic rings. The lowest BCUT2D eigenvalue weighted by Gasteiger charge is -2.26. The Balaban J connectivity index is 1.37. The third kappa shape index (κ3) is 5.74. The number of fused-ring (bicyclic) bond motifs is 1. The smallest absolute Gasteiger partial charge is 0.251 e. The topological polar surface area (TPSA) is 84.3 Å². The van der Waals surface area contributed by atoms with Gasteiger partial charge in [-0.05, 0) is 63.3 Å². The quantitative estimate of drug-likeness (QED) is 0.453. The maximum absolute atomic E-state index is 13.2. The van der Waals surface area contributed by atoms with Crippen LogP contribution in [0.4, 0.5) is 11.4 Å². The Kier molecular flexibility index (Phi) is 8.24. The average Bonchev–Trinajstić information content (AvgIpc) is 3.16. The molecule has 0 spiro atoms. The number of benzene rings is 1. The molecule has 2 aliphatic heterocycles. The molecule has 198 valence electrons. The van der Waals surface area contributed by atoms with E-state index in [9.17, 15) is 4.79 Å². The highest BCUT2D eigenvalue weighted by molar-refractivity contribution is 5.95. The first-order chi connectivity index (χ1) is 18.2. The molecule has 2 aromatic heterocycles. The number of nitrogens with one attached hydrogen (secondary N) is 2. The van der Waals surface area contributed by atoms with Gasteiger partial charge < -0.3 is 20.3 Å². The molecule has 0 atom stereocenters. The van der Waals surface area contributed by atoms with Gasteiger partial charge in [0, 0.05) is 67.9 Å². The van der Waals surface area contributed by atoms with Crippen LogP contribution in [0.25, 0.3) is 11.0 Å². The molecule has 2 saturated heterocycles. The molecular formula is C29H40N6O2. The standard InChI is InChI=1S/C29H40N6O2/c1-3-26-24(19-30-29(36)21-9-11-23(12-10-21)34-15-7-5-6-8-16-34)27(32-22-13-17-37-18-14-22)25-20-31-35(4-2)28(25)33-26/h9-12,20,22H,3-8,13-19H2,1-2H3,(H,30,36)(H,32,33). The number of nitrogens with zero attached hydrogens (tertiary/aromatic N) is 4. The number of aromatic nitrogens is 3. The van der Waals surface area contributed by atoms with Crippen LogP contribution in [0.5, 0.6) is 0 Å². The molecule has 0 bridgehead atoms. The number of carbonyl (C=O) groups is 1. The Bertz CT molecular complexity index is 1190. The normalized spacial score (nSPS) is 17.1. The lowest BCUT2D eigenvalue weighted by molar-refractivity contribution is 0.0904. The summed E-state index contributed by atoms with van der Waals surface area (Å²) in [6.07, 6.45) is 9.70. The van der Waals surface area contributed by atoms with Gasteiger partial charge in [0.2, 0.25) is 0 Å². The lowest BCUT2D eigenvalue weighted by Crippen LogP contribution is -2.30. The molecule has 0 radical (unpaired) electrons. The van der Waals surface area contributed by atoms with Crippen LogP contribution in [0.2, 0.25) is 0 Å². The zero-order valence-electron chi connectivity index (χ0n) is 22.3. The van der Waals surface area contributed by atoms with Crippen LogP contribution in [0.15, 0.2) is 30.5 Å². The maximum Gasteiger partial charge on any atom is 0.251 e. The Morgan fingerprint density at radius 2 is 1.78 bits per heavy atom. The summed E-state index contributed by atoms with van der Waals surface area (Å²) in [6, 6.07) is 8.40. The minimum absolute atomic E-state index is 0.0640. The van der Waals surface area contributed by atoms with Crippen molar-refractivity contribution in [3.63, 3.8) is 0 Å². The number of rotatable bonds is 8. The van der Waals surface area contributed by atoms with Gasteiger partial charge in [-0.15, -0.1) is 0 Å². The van der Waals surface area contributed by atoms with E-state index in [1.54, 1.807) is 0 Å². The third-order valence-electron chi connectivity index (χ3n) is 7.70. The fourth-order valence-electron chi connectivity index (χ4n) is 5.52. The molecule has 0 unspecified atom stereocenters. The van der Waals surface area contributed by atoms with Gasteiger partial charge in [-0.1, -0.05) is 19.8 Å². The van der Waals surface area contributed by atoms with Gasteiger partial charge in [-0.2, -0.15) is 5.10 Å². The molecule has 2 aliphatic rings. The summed E-state index contributed by atoms with van der Waals surface area (Å²) in [6.45, 7) is 9.10. The van der Waals surface area contributed by atoms with Crippen LogP contribution in [0.1, 0.15) is 74.0 Å². The van der Waals surface area contributed by atoms with E-state index in [-0.39, 0.29) is 5.91 Å². The van der Waals surface area contributed by atoms with Crippen molar-refractivity contribution in [2.24, 2.45) is 0 Å². The van der Waals surface area contributed by atoms with E-state index >= 15 is 0 Å². The molecule has 4 heterocycles. The fourth-order valence-corrected chi connectivity index (χ4v) is 5.52. The van der Waals surface area contributed by atoms with Crippen molar-refractivity contribution in [1.29, 1.82) is 0 Å². The van der Waals surface area contributed by atoms with Crippen LogP contribution in [-0.4, -0.2) is 53.0 Å². The van der Waals surface area contributed by atoms with Crippen LogP contribution >= 0.6 is 0 Å². The number of aryl methyl sites for hydroxylation is 2. The van der Waals surface area contributed by atoms with Gasteiger partial charge in [0.15, 0.2) is 5.65 Å². The molecular weight excluding hydrogens is 464 g/mol. The molecule has 1 aromatic carbocycles. The molecule has 2 fully saturated rings. The van der Waals surface area contributed by atoms with Crippen molar-refractivity contribution < 1.29 is 9.53 Å². The van der Waals surface area contributed by atoms with Gasteiger partial charge in [0.1, 0.15) is 0 Å². The summed E-state index contributed by atoms with van der Waals surface area (Å²) < 4.78 is 7.52. The van der Waals surface area contributed by atoms with E-state index in [4.69, 9.17) is 9.72 Å². The first-order valence-electron chi connectivity index (χ1n) is 14.0. The lowest BCUT2D eigenvalue weighted by atomic mass is 10.0. The fraction of sp³-hybridized carbons (Fsp3) is 0.552. The van der Waals surface area contributed by atoms with Gasteiger partial charge in [0.25, 0.3) is 5.91 Å². The molecule has 8 heteroatoms. The first-order valence-corrected chi connectivity index (χ1v) is 14.0. The van der Waals surface area contributed by atoms with Crippen molar-refractivity contribution >= 4 is 28.3 Å². The summed E-state index contributed by atoms with van der Waals surface area (Å²) in [5.74, 6) is -0.0640. The SMILES string of the molecule is CCc1nc2c(cnn2CC)c(NC2CCOCC2)c1CNC(=O)c1ccc(N2CCCCCC2)cc1. The van der Waals surface area contributed by atoms with E-state index in [0.717, 1.165) is 80.1 Å². The highest BCUT2D eigenvalue weighted by Gasteiger charge is 2.22. The van der Waals surface area contributed by atoms with Crippen LogP contribution < -0.4 is 15.5 Å². The molecule has 0 saturated carbocycles. The van der Waals surface area contributed by atoms with Gasteiger partial charge >= 0.3 is 0 Å². The van der Waals surface area contributed by atoms with E-state index in [1.165, 1.54) is 31.4 Å². The Morgan fingerprint density at radius 3 is 2.46 bits per heavy atom. The summed E-state index contributed by atoms with van der Waals surface area (Å²) in [5, 5.41) is 12.6. The van der Waals surface area contributed by atoms with Crippen molar-refractivity contribution in [3.05, 3.63) is 47.3 Å². The zero-order chi connectivity index (χ0) is 25.6. The predicted molar refractivity (Wildman–Crippen MR) is 148 cm³/mol. The molecule has 5 rings (SSSR count). The predicted octanol–water partition coefficient (Wildman–Crippen LogP) is 4.91. The average molecular weight is 505 g/mol. The number of carbonyl (C=O) groups excluding carboxylic acids is 1. The molecule has 37 heavy (non-hydrogen) atoms. The maximum atomic E-state index is 13.2. The zero-order valence-corrected chi connectivity index (χ0v) is 22.3. The largest absolute Gasteiger partial charge is 0.381 e. The Labute approximate surface area is 219 Å². The summed E-state index contributed by atoms with van der Waals surface area (Å²) in [5.41, 5.74) is 5.87. The van der Waals surface area contributed by atoms with Crippen molar-refractivity contribution in [3.8, 4) is 0 Å². The molecule has 1 amide bonds. The number of hydrogen-bond acceptors (Lipinski definition) is 6. The highest BCUT2D eigenvalue weighted by atomic mass is 16.5. The van der Waals surface area contributed by atoms with Crippen LogP contribution in [0.3, 0.4) is 0 Å². The second kappa shape index (κ2) is 11.9. The number of ether oxygens (including phenoxy) is 1. The Hall–Kier alpha value is -3.13. The van der Waals surface area contributed by atoms with Crippen LogP contribution in [-0.2, 0) is 24.2 Å². The van der Waals surface area contributed by atoms with Crippen LogP contribution in [0, 0.1) is 0 Å². The third-order valence-corrected chi connectivity index (χ3v) is 7.70. The van der Waals surface area contributed by atoms with E-state index in [1.807, 2.05) is 23.0 Å². The second-order valence-electron chi connectivity index (χ2n) is 10.1. The number of amides is 1. The minimum Gasteiger partial charge on any atom is -0.381 e. The molecule has 0 aliphatic carbocycles. The highest BCUT2D eigenvalue weighted by Crippen LogP contribution is 2.31. The minimum atomic E-state index is -0.0640. The van der Waals surface area contributed by atoms with Crippen molar-refractivity contribution in [1.82, 2.24) is 20.1 Å². The van der Waals surface area contributed by atoms with E-state index < -0.39 is 0 Å². The van der Waals surface area contributed by atoms with Gasteiger partial charge in [0.05, 0.1) is 17.3 Å². The van der Waals surface area contributed by atoms with Crippen molar-refractivity contribution in [2.75, 3.05) is 36.5 Å². The van der Waals surface area contributed by atoms with E-state index in [0.29, 0.717) is 18.2 Å². The summed E-state index contributed by atoms with van der Waals surface area (Å²) in [4.78, 5) is 20.6. The first kappa shape index (κ1) is 25.5. The van der Waals surface area contributed by atoms with Gasteiger partial charge in [-0.25, -0.2) is 9.67 Å². The Morgan fingerprint density at radius 1 is 1.05 bits per heavy atom. The number of hydrogen-bond donors (Lipinski definition) is 2. The molecule has 2 N–H and O–H groups in total. The van der Waals surface area contributed by atoms with Gasteiger partial charge in [-0.3, -0.25) is 4.79 Å². The molecule has 8 nitrogen and oxygen atoms in total. The van der Waals surface area contributed by atoms with Crippen molar-refractivity contribution in [2.45, 2.75) is 77.9 Å². The van der Waals surface area contributed by atoms with E-state index in [2.05, 4.69) is 46.6 Å². The number of pyridine rings is 1.